The second kappa shape index (κ2) is 7.65. The van der Waals surface area contributed by atoms with Crippen LogP contribution in [0.15, 0.2) is 18.2 Å². The maximum Gasteiger partial charge on any atom is 0.319 e. The zero-order valence-corrected chi connectivity index (χ0v) is 10.6. The van der Waals surface area contributed by atoms with Crippen molar-refractivity contribution in [3.8, 4) is 0 Å². The lowest BCUT2D eigenvalue weighted by molar-refractivity contribution is 0.177. The second-order valence-electron chi connectivity index (χ2n) is 4.01. The highest BCUT2D eigenvalue weighted by Gasteiger charge is 2.08. The van der Waals surface area contributed by atoms with Gasteiger partial charge >= 0.3 is 6.03 Å². The van der Waals surface area contributed by atoms with Gasteiger partial charge in [0.2, 0.25) is 0 Å². The van der Waals surface area contributed by atoms with E-state index in [0.29, 0.717) is 25.6 Å². The summed E-state index contributed by atoms with van der Waals surface area (Å²) in [4.78, 5) is 11.4. The number of anilines is 1. The van der Waals surface area contributed by atoms with Crippen molar-refractivity contribution in [3.05, 3.63) is 29.8 Å². The highest BCUT2D eigenvalue weighted by molar-refractivity contribution is 5.89. The van der Waals surface area contributed by atoms with E-state index < -0.39 is 17.7 Å². The summed E-state index contributed by atoms with van der Waals surface area (Å²) in [5.74, 6) is -1.53. The van der Waals surface area contributed by atoms with E-state index in [4.69, 9.17) is 10.5 Å². The van der Waals surface area contributed by atoms with Crippen molar-refractivity contribution in [1.82, 2.24) is 5.32 Å². The first-order chi connectivity index (χ1) is 9.02. The molecule has 7 heteroatoms. The molecule has 0 saturated heterocycles. The minimum atomic E-state index is -0.828. The Bertz CT molecular complexity index is 429. The van der Waals surface area contributed by atoms with Gasteiger partial charge in [-0.15, -0.1) is 0 Å². The lowest BCUT2D eigenvalue weighted by Gasteiger charge is -2.12. The molecule has 0 fully saturated rings. The summed E-state index contributed by atoms with van der Waals surface area (Å²) in [6.45, 7) is 0.731. The first-order valence-corrected chi connectivity index (χ1v) is 5.77. The fourth-order valence-electron chi connectivity index (χ4n) is 1.43. The second-order valence-corrected chi connectivity index (χ2v) is 4.01. The Morgan fingerprint density at radius 2 is 2.21 bits per heavy atom. The summed E-state index contributed by atoms with van der Waals surface area (Å²) in [6, 6.07) is 2.17. The Morgan fingerprint density at radius 3 is 2.84 bits per heavy atom. The maximum absolute atomic E-state index is 13.2. The number of benzene rings is 1. The molecule has 106 valence electrons. The molecule has 2 amide bonds. The van der Waals surface area contributed by atoms with Gasteiger partial charge in [0, 0.05) is 25.8 Å². The largest absolute Gasteiger partial charge is 0.383 e. The van der Waals surface area contributed by atoms with Crippen LogP contribution in [0.4, 0.5) is 19.3 Å². The quantitative estimate of drug-likeness (QED) is 0.734. The topological polar surface area (TPSA) is 76.4 Å². The SMILES string of the molecule is COCC(N)CCNC(=O)Nc1ccc(F)cc1F. The monoisotopic (exact) mass is 273 g/mol. The molecule has 1 aromatic rings. The van der Waals surface area contributed by atoms with Crippen LogP contribution in [0.2, 0.25) is 0 Å². The smallest absolute Gasteiger partial charge is 0.319 e. The third kappa shape index (κ3) is 5.62. The molecule has 0 saturated carbocycles. The number of hydrogen-bond acceptors (Lipinski definition) is 3. The van der Waals surface area contributed by atoms with E-state index in [-0.39, 0.29) is 11.7 Å². The summed E-state index contributed by atoms with van der Waals surface area (Å²) >= 11 is 0. The molecule has 0 aliphatic carbocycles. The summed E-state index contributed by atoms with van der Waals surface area (Å²) < 4.78 is 30.7. The number of carbonyl (C=O) groups excluding carboxylic acids is 1. The van der Waals surface area contributed by atoms with Crippen molar-refractivity contribution in [3.63, 3.8) is 0 Å². The molecule has 4 N–H and O–H groups in total. The highest BCUT2D eigenvalue weighted by Crippen LogP contribution is 2.14. The van der Waals surface area contributed by atoms with E-state index in [1.165, 1.54) is 7.11 Å². The van der Waals surface area contributed by atoms with Crippen LogP contribution in [0.3, 0.4) is 0 Å². The van der Waals surface area contributed by atoms with E-state index in [1.54, 1.807) is 0 Å². The maximum atomic E-state index is 13.2. The molecule has 5 nitrogen and oxygen atoms in total. The van der Waals surface area contributed by atoms with Crippen LogP contribution < -0.4 is 16.4 Å². The number of nitrogens with one attached hydrogen (secondary N) is 2. The number of halogens is 2. The van der Waals surface area contributed by atoms with Crippen molar-refractivity contribution in [1.29, 1.82) is 0 Å². The van der Waals surface area contributed by atoms with E-state index in [0.717, 1.165) is 12.1 Å². The van der Waals surface area contributed by atoms with E-state index in [1.807, 2.05) is 0 Å². The molecule has 1 aromatic carbocycles. The highest BCUT2D eigenvalue weighted by atomic mass is 19.1. The van der Waals surface area contributed by atoms with Crippen LogP contribution in [0.1, 0.15) is 6.42 Å². The number of nitrogens with two attached hydrogens (primary N) is 1. The molecule has 1 rings (SSSR count). The third-order valence-electron chi connectivity index (χ3n) is 2.36. The van der Waals surface area contributed by atoms with Crippen LogP contribution in [-0.4, -0.2) is 32.3 Å². The fourth-order valence-corrected chi connectivity index (χ4v) is 1.43. The van der Waals surface area contributed by atoms with E-state index in [9.17, 15) is 13.6 Å². The molecule has 0 aliphatic heterocycles. The van der Waals surface area contributed by atoms with Crippen molar-refractivity contribution in [2.24, 2.45) is 5.73 Å². The Hall–Kier alpha value is -1.73. The Balaban J connectivity index is 2.35. The van der Waals surface area contributed by atoms with Gasteiger partial charge < -0.3 is 21.1 Å². The number of carbonyl (C=O) groups is 1. The lowest BCUT2D eigenvalue weighted by Crippen LogP contribution is -2.35. The number of amides is 2. The molecular formula is C12H17F2N3O2. The Kier molecular flexibility index (Phi) is 6.17. The van der Waals surface area contributed by atoms with Crippen LogP contribution in [0, 0.1) is 11.6 Å². The van der Waals surface area contributed by atoms with Crippen molar-refractivity contribution >= 4 is 11.7 Å². The number of ether oxygens (including phenoxy) is 1. The minimum absolute atomic E-state index is 0.0833. The number of methoxy groups -OCH3 is 1. The van der Waals surface area contributed by atoms with Gasteiger partial charge in [-0.05, 0) is 18.6 Å². The molecule has 1 unspecified atom stereocenters. The average Bonchev–Trinajstić information content (AvgIpc) is 2.33. The molecule has 0 aliphatic rings. The predicted molar refractivity (Wildman–Crippen MR) is 67.8 cm³/mol. The summed E-state index contributed by atoms with van der Waals surface area (Å²) in [7, 11) is 1.54. The number of rotatable bonds is 6. The minimum Gasteiger partial charge on any atom is -0.383 e. The Labute approximate surface area is 110 Å². The van der Waals surface area contributed by atoms with Gasteiger partial charge in [0.05, 0.1) is 12.3 Å². The summed E-state index contributed by atoms with van der Waals surface area (Å²) in [6.07, 6.45) is 0.535. The van der Waals surface area contributed by atoms with Gasteiger partial charge in [-0.2, -0.15) is 0 Å². The van der Waals surface area contributed by atoms with Gasteiger partial charge in [-0.25, -0.2) is 13.6 Å². The van der Waals surface area contributed by atoms with Crippen LogP contribution >= 0.6 is 0 Å². The molecular weight excluding hydrogens is 256 g/mol. The zero-order valence-electron chi connectivity index (χ0n) is 10.6. The average molecular weight is 273 g/mol. The molecule has 0 radical (unpaired) electrons. The number of urea groups is 1. The van der Waals surface area contributed by atoms with Gasteiger partial charge in [0.25, 0.3) is 0 Å². The predicted octanol–water partition coefficient (Wildman–Crippen LogP) is 1.45. The zero-order chi connectivity index (χ0) is 14.3. The number of hydrogen-bond donors (Lipinski definition) is 3. The molecule has 0 spiro atoms. The van der Waals surface area contributed by atoms with Crippen LogP contribution in [0.25, 0.3) is 0 Å². The van der Waals surface area contributed by atoms with Crippen LogP contribution in [0.5, 0.6) is 0 Å². The van der Waals surface area contributed by atoms with E-state index in [2.05, 4.69) is 10.6 Å². The molecule has 0 aromatic heterocycles. The standard InChI is InChI=1S/C12H17F2N3O2/c1-19-7-9(15)4-5-16-12(18)17-11-3-2-8(13)6-10(11)14/h2-3,6,9H,4-5,7,15H2,1H3,(H2,16,17,18). The van der Waals surface area contributed by atoms with Crippen LogP contribution in [-0.2, 0) is 4.74 Å². The van der Waals surface area contributed by atoms with Gasteiger partial charge in [0.15, 0.2) is 0 Å². The van der Waals surface area contributed by atoms with Gasteiger partial charge in [0.1, 0.15) is 11.6 Å². The van der Waals surface area contributed by atoms with Gasteiger partial charge in [-0.1, -0.05) is 0 Å². The lowest BCUT2D eigenvalue weighted by atomic mass is 10.2. The first-order valence-electron chi connectivity index (χ1n) is 5.77. The molecule has 0 bridgehead atoms. The molecule has 19 heavy (non-hydrogen) atoms. The summed E-state index contributed by atoms with van der Waals surface area (Å²) in [5.41, 5.74) is 5.58. The fraction of sp³-hybridized carbons (Fsp3) is 0.417. The van der Waals surface area contributed by atoms with E-state index >= 15 is 0 Å². The normalized spacial score (nSPS) is 12.0. The first kappa shape index (κ1) is 15.3. The summed E-state index contributed by atoms with van der Waals surface area (Å²) in [5, 5.41) is 4.80. The van der Waals surface area contributed by atoms with Crippen molar-refractivity contribution in [2.75, 3.05) is 25.6 Å². The third-order valence-corrected chi connectivity index (χ3v) is 2.36. The molecule has 0 heterocycles. The van der Waals surface area contributed by atoms with Crippen molar-refractivity contribution in [2.45, 2.75) is 12.5 Å². The van der Waals surface area contributed by atoms with Gasteiger partial charge in [-0.3, -0.25) is 0 Å². The molecule has 1 atom stereocenters. The Morgan fingerprint density at radius 1 is 1.47 bits per heavy atom. The van der Waals surface area contributed by atoms with Crippen molar-refractivity contribution < 1.29 is 18.3 Å².